The monoisotopic (exact) mass is 357 g/mol. The van der Waals surface area contributed by atoms with Crippen LogP contribution < -0.4 is 0 Å². The SMILES string of the molecule is CN1C=NC2C=CC(c3cccnc3-c3ccc(F)c(Cl)c3F)=CC21. The molecule has 0 radical (unpaired) electrons. The number of hydrogen-bond donors (Lipinski definition) is 0. The normalized spacial score (nSPS) is 21.4. The largest absolute Gasteiger partial charge is 0.357 e. The number of likely N-dealkylation sites (N-methyl/N-ethyl adjacent to an activating group) is 1. The molecule has 0 saturated carbocycles. The molecule has 0 bridgehead atoms. The fourth-order valence-corrected chi connectivity index (χ4v) is 3.32. The molecule has 25 heavy (non-hydrogen) atoms. The summed E-state index contributed by atoms with van der Waals surface area (Å²) in [6, 6.07) is 6.38. The van der Waals surface area contributed by atoms with E-state index in [9.17, 15) is 8.78 Å². The lowest BCUT2D eigenvalue weighted by molar-refractivity contribution is 0.446. The average molecular weight is 358 g/mol. The average Bonchev–Trinajstić information content (AvgIpc) is 3.00. The van der Waals surface area contributed by atoms with E-state index in [2.05, 4.69) is 16.1 Å². The Morgan fingerprint density at radius 3 is 2.84 bits per heavy atom. The number of fused-ring (bicyclic) bond motifs is 1. The van der Waals surface area contributed by atoms with Crippen LogP contribution in [-0.4, -0.2) is 35.4 Å². The Kier molecular flexibility index (Phi) is 3.88. The Hall–Kier alpha value is -2.53. The molecule has 2 aromatic rings. The van der Waals surface area contributed by atoms with Gasteiger partial charge in [0.25, 0.3) is 0 Å². The van der Waals surface area contributed by atoms with Gasteiger partial charge in [0.15, 0.2) is 5.82 Å². The molecular formula is C19H14ClF2N3. The first-order valence-corrected chi connectivity index (χ1v) is 8.18. The number of nitrogens with zero attached hydrogens (tertiary/aromatic N) is 3. The fraction of sp³-hybridized carbons (Fsp3) is 0.158. The minimum atomic E-state index is -0.804. The zero-order valence-corrected chi connectivity index (χ0v) is 14.1. The molecule has 6 heteroatoms. The Labute approximate surface area is 149 Å². The summed E-state index contributed by atoms with van der Waals surface area (Å²) in [6.45, 7) is 0. The molecular weight excluding hydrogens is 344 g/mol. The predicted molar refractivity (Wildman–Crippen MR) is 95.5 cm³/mol. The third kappa shape index (κ3) is 2.65. The minimum Gasteiger partial charge on any atom is -0.357 e. The van der Waals surface area contributed by atoms with Gasteiger partial charge in [-0.05, 0) is 23.8 Å². The molecule has 2 unspecified atom stereocenters. The second-order valence-corrected chi connectivity index (χ2v) is 6.39. The van der Waals surface area contributed by atoms with Crippen LogP contribution in [0.3, 0.4) is 0 Å². The molecule has 1 aromatic heterocycles. The highest BCUT2D eigenvalue weighted by Gasteiger charge is 2.28. The van der Waals surface area contributed by atoms with Gasteiger partial charge in [0.2, 0.25) is 0 Å². The number of pyridine rings is 1. The first-order chi connectivity index (χ1) is 12.1. The number of hydrogen-bond acceptors (Lipinski definition) is 3. The van der Waals surface area contributed by atoms with E-state index in [4.69, 9.17) is 11.6 Å². The smallest absolute Gasteiger partial charge is 0.154 e. The molecule has 2 heterocycles. The van der Waals surface area contributed by atoms with Crippen LogP contribution in [0.1, 0.15) is 5.56 Å². The Balaban J connectivity index is 1.83. The summed E-state index contributed by atoms with van der Waals surface area (Å²) >= 11 is 5.73. The predicted octanol–water partition coefficient (Wildman–Crippen LogP) is 4.34. The molecule has 0 amide bonds. The number of allylic oxidation sites excluding steroid dienone is 2. The number of aliphatic imine (C=N–C) groups is 1. The number of halogens is 3. The van der Waals surface area contributed by atoms with Crippen LogP contribution in [0, 0.1) is 11.6 Å². The van der Waals surface area contributed by atoms with Gasteiger partial charge in [-0.3, -0.25) is 9.98 Å². The van der Waals surface area contributed by atoms with Crippen molar-refractivity contribution >= 4 is 23.5 Å². The van der Waals surface area contributed by atoms with E-state index in [0.717, 1.165) is 17.2 Å². The highest BCUT2D eigenvalue weighted by atomic mass is 35.5. The Morgan fingerprint density at radius 2 is 2.00 bits per heavy atom. The maximum absolute atomic E-state index is 14.5. The van der Waals surface area contributed by atoms with Crippen LogP contribution in [0.5, 0.6) is 0 Å². The van der Waals surface area contributed by atoms with E-state index in [1.165, 1.54) is 6.07 Å². The number of rotatable bonds is 2. The summed E-state index contributed by atoms with van der Waals surface area (Å²) in [5, 5.41) is -0.522. The lowest BCUT2D eigenvalue weighted by atomic mass is 9.91. The molecule has 2 atom stereocenters. The van der Waals surface area contributed by atoms with Crippen LogP contribution in [-0.2, 0) is 0 Å². The molecule has 0 fully saturated rings. The molecule has 0 saturated heterocycles. The van der Waals surface area contributed by atoms with Gasteiger partial charge in [0, 0.05) is 24.4 Å². The van der Waals surface area contributed by atoms with Crippen LogP contribution in [0.2, 0.25) is 5.02 Å². The summed E-state index contributed by atoms with van der Waals surface area (Å²) in [5.41, 5.74) is 2.29. The summed E-state index contributed by atoms with van der Waals surface area (Å²) in [6.07, 6.45) is 9.45. The van der Waals surface area contributed by atoms with Crippen molar-refractivity contribution in [3.05, 3.63) is 70.9 Å². The topological polar surface area (TPSA) is 28.5 Å². The molecule has 3 nitrogen and oxygen atoms in total. The zero-order valence-electron chi connectivity index (χ0n) is 13.3. The van der Waals surface area contributed by atoms with E-state index >= 15 is 0 Å². The Bertz CT molecular complexity index is 936. The van der Waals surface area contributed by atoms with Crippen LogP contribution >= 0.6 is 11.6 Å². The van der Waals surface area contributed by atoms with Crippen molar-refractivity contribution in [3.8, 4) is 11.3 Å². The standard InChI is InChI=1S/C19H14ClF2N3/c1-25-10-24-15-7-4-11(9-16(15)25)12-3-2-8-23-19(12)13-5-6-14(21)17(20)18(13)22/h2-10,15-16H,1H3. The van der Waals surface area contributed by atoms with Gasteiger partial charge in [-0.1, -0.05) is 35.9 Å². The van der Waals surface area contributed by atoms with Gasteiger partial charge in [-0.2, -0.15) is 0 Å². The van der Waals surface area contributed by atoms with Crippen molar-refractivity contribution in [3.63, 3.8) is 0 Å². The molecule has 1 aliphatic heterocycles. The van der Waals surface area contributed by atoms with Crippen molar-refractivity contribution in [2.45, 2.75) is 12.1 Å². The highest BCUT2D eigenvalue weighted by Crippen LogP contribution is 2.35. The fourth-order valence-electron chi connectivity index (χ4n) is 3.15. The molecule has 0 N–H and O–H groups in total. The zero-order chi connectivity index (χ0) is 17.6. The van der Waals surface area contributed by atoms with Gasteiger partial charge >= 0.3 is 0 Å². The summed E-state index contributed by atoms with van der Waals surface area (Å²) < 4.78 is 28.0. The van der Waals surface area contributed by atoms with Gasteiger partial charge < -0.3 is 4.90 Å². The summed E-state index contributed by atoms with van der Waals surface area (Å²) in [7, 11) is 1.96. The van der Waals surface area contributed by atoms with E-state index in [1.54, 1.807) is 12.3 Å². The molecule has 1 aliphatic carbocycles. The van der Waals surface area contributed by atoms with Crippen molar-refractivity contribution < 1.29 is 8.78 Å². The molecule has 2 aliphatic rings. The molecule has 126 valence electrons. The van der Waals surface area contributed by atoms with E-state index in [1.807, 2.05) is 36.5 Å². The number of benzene rings is 1. The van der Waals surface area contributed by atoms with Crippen LogP contribution in [0.4, 0.5) is 8.78 Å². The van der Waals surface area contributed by atoms with Crippen LogP contribution in [0.25, 0.3) is 16.8 Å². The van der Waals surface area contributed by atoms with Crippen molar-refractivity contribution in [1.82, 2.24) is 9.88 Å². The van der Waals surface area contributed by atoms with E-state index < -0.39 is 16.7 Å². The maximum atomic E-state index is 14.5. The van der Waals surface area contributed by atoms with Crippen molar-refractivity contribution in [1.29, 1.82) is 0 Å². The van der Waals surface area contributed by atoms with Crippen molar-refractivity contribution in [2.24, 2.45) is 4.99 Å². The summed E-state index contributed by atoms with van der Waals surface area (Å²) in [5.74, 6) is -1.59. The van der Waals surface area contributed by atoms with Gasteiger partial charge in [0.05, 0.1) is 24.1 Å². The molecule has 0 spiro atoms. The molecule has 1 aromatic carbocycles. The van der Waals surface area contributed by atoms with Gasteiger partial charge in [-0.25, -0.2) is 8.78 Å². The summed E-state index contributed by atoms with van der Waals surface area (Å²) in [4.78, 5) is 10.8. The lowest BCUT2D eigenvalue weighted by Crippen LogP contribution is -2.32. The quantitative estimate of drug-likeness (QED) is 0.748. The third-order valence-electron chi connectivity index (χ3n) is 4.47. The third-order valence-corrected chi connectivity index (χ3v) is 4.82. The lowest BCUT2D eigenvalue weighted by Gasteiger charge is -2.24. The van der Waals surface area contributed by atoms with Gasteiger partial charge in [-0.15, -0.1) is 0 Å². The minimum absolute atomic E-state index is 0.0888. The second kappa shape index (κ2) is 6.08. The van der Waals surface area contributed by atoms with Gasteiger partial charge in [0.1, 0.15) is 10.8 Å². The maximum Gasteiger partial charge on any atom is 0.154 e. The first kappa shape index (κ1) is 16.0. The van der Waals surface area contributed by atoms with E-state index in [-0.39, 0.29) is 17.6 Å². The van der Waals surface area contributed by atoms with Crippen LogP contribution in [0.15, 0.2) is 53.7 Å². The number of aromatic nitrogens is 1. The van der Waals surface area contributed by atoms with Crippen molar-refractivity contribution in [2.75, 3.05) is 7.05 Å². The first-order valence-electron chi connectivity index (χ1n) is 7.81. The second-order valence-electron chi connectivity index (χ2n) is 6.01. The Morgan fingerprint density at radius 1 is 1.16 bits per heavy atom. The highest BCUT2D eigenvalue weighted by molar-refractivity contribution is 6.31. The van der Waals surface area contributed by atoms with E-state index in [0.29, 0.717) is 5.69 Å². The molecule has 4 rings (SSSR count).